The maximum Gasteiger partial charge on any atom is 0.159 e. The van der Waals surface area contributed by atoms with Crippen LogP contribution in [0.3, 0.4) is 0 Å². The van der Waals surface area contributed by atoms with E-state index in [1.54, 1.807) is 31.2 Å². The molecule has 0 radical (unpaired) electrons. The average molecular weight is 233 g/mol. The second-order valence-electron chi connectivity index (χ2n) is 4.00. The molecule has 0 heterocycles. The summed E-state index contributed by atoms with van der Waals surface area (Å²) in [5, 5.41) is 27.9. The first-order valence-corrected chi connectivity index (χ1v) is 5.32. The van der Waals surface area contributed by atoms with Gasteiger partial charge < -0.3 is 10.2 Å². The molecular formula is C13H15NO3. The van der Waals surface area contributed by atoms with Gasteiger partial charge in [-0.25, -0.2) is 0 Å². The zero-order valence-electron chi connectivity index (χ0n) is 9.84. The van der Waals surface area contributed by atoms with Crippen molar-refractivity contribution in [3.05, 3.63) is 34.9 Å². The van der Waals surface area contributed by atoms with Crippen LogP contribution in [0.15, 0.2) is 18.2 Å². The van der Waals surface area contributed by atoms with Crippen molar-refractivity contribution in [2.45, 2.75) is 32.5 Å². The van der Waals surface area contributed by atoms with Gasteiger partial charge in [-0.3, -0.25) is 4.79 Å². The van der Waals surface area contributed by atoms with Gasteiger partial charge in [0, 0.05) is 5.56 Å². The maximum atomic E-state index is 11.2. The van der Waals surface area contributed by atoms with E-state index < -0.39 is 12.2 Å². The molecular weight excluding hydrogens is 218 g/mol. The zero-order chi connectivity index (χ0) is 13.0. The van der Waals surface area contributed by atoms with Gasteiger partial charge in [-0.05, 0) is 31.0 Å². The minimum absolute atomic E-state index is 0.103. The molecule has 4 nitrogen and oxygen atoms in total. The Morgan fingerprint density at radius 3 is 2.65 bits per heavy atom. The SMILES string of the molecule is CC(=O)c1ccc(C)c(C(O)C(O)CC#N)c1. The molecule has 0 aliphatic rings. The van der Waals surface area contributed by atoms with E-state index in [-0.39, 0.29) is 12.2 Å². The number of Topliss-reactive ketones (excluding diaryl/α,β-unsaturated/α-hetero) is 1. The number of aryl methyl sites for hydroxylation is 1. The number of rotatable bonds is 4. The fourth-order valence-corrected chi connectivity index (χ4v) is 1.59. The molecule has 0 aromatic heterocycles. The van der Waals surface area contributed by atoms with Crippen LogP contribution in [0.25, 0.3) is 0 Å². The topological polar surface area (TPSA) is 81.3 Å². The van der Waals surface area contributed by atoms with Gasteiger partial charge in [0.1, 0.15) is 6.10 Å². The zero-order valence-corrected chi connectivity index (χ0v) is 9.84. The van der Waals surface area contributed by atoms with Crippen LogP contribution in [0, 0.1) is 18.3 Å². The Morgan fingerprint density at radius 2 is 2.12 bits per heavy atom. The van der Waals surface area contributed by atoms with Crippen LogP contribution >= 0.6 is 0 Å². The number of carbonyl (C=O) groups is 1. The molecule has 17 heavy (non-hydrogen) atoms. The van der Waals surface area contributed by atoms with E-state index in [0.29, 0.717) is 11.1 Å². The van der Waals surface area contributed by atoms with Gasteiger partial charge in [0.15, 0.2) is 5.78 Å². The number of hydrogen-bond donors (Lipinski definition) is 2. The number of ketones is 1. The van der Waals surface area contributed by atoms with Gasteiger partial charge in [0.25, 0.3) is 0 Å². The molecule has 0 saturated carbocycles. The van der Waals surface area contributed by atoms with E-state index in [4.69, 9.17) is 5.26 Å². The predicted molar refractivity (Wildman–Crippen MR) is 62.4 cm³/mol. The largest absolute Gasteiger partial charge is 0.389 e. The van der Waals surface area contributed by atoms with E-state index in [2.05, 4.69) is 0 Å². The van der Waals surface area contributed by atoms with E-state index in [1.807, 2.05) is 0 Å². The average Bonchev–Trinajstić information content (AvgIpc) is 2.28. The number of aliphatic hydroxyl groups excluding tert-OH is 2. The van der Waals surface area contributed by atoms with Gasteiger partial charge in [-0.1, -0.05) is 12.1 Å². The fourth-order valence-electron chi connectivity index (χ4n) is 1.59. The smallest absolute Gasteiger partial charge is 0.159 e. The molecule has 0 amide bonds. The Hall–Kier alpha value is -1.70. The Bertz CT molecular complexity index is 462. The summed E-state index contributed by atoms with van der Waals surface area (Å²) in [6.45, 7) is 3.22. The molecule has 2 N–H and O–H groups in total. The van der Waals surface area contributed by atoms with Crippen LogP contribution in [-0.4, -0.2) is 22.1 Å². The summed E-state index contributed by atoms with van der Waals surface area (Å²) in [6.07, 6.45) is -2.43. The maximum absolute atomic E-state index is 11.2. The molecule has 0 aliphatic heterocycles. The molecule has 4 heteroatoms. The monoisotopic (exact) mass is 233 g/mol. The molecule has 0 aliphatic carbocycles. The van der Waals surface area contributed by atoms with Crippen molar-refractivity contribution in [2.75, 3.05) is 0 Å². The third kappa shape index (κ3) is 3.13. The summed E-state index contributed by atoms with van der Waals surface area (Å²) in [5.41, 5.74) is 1.74. The van der Waals surface area contributed by atoms with Crippen molar-refractivity contribution in [2.24, 2.45) is 0 Å². The minimum atomic E-state index is -1.14. The highest BCUT2D eigenvalue weighted by atomic mass is 16.3. The Balaban J connectivity index is 3.08. The van der Waals surface area contributed by atoms with Crippen LogP contribution in [0.5, 0.6) is 0 Å². The molecule has 0 fully saturated rings. The number of carbonyl (C=O) groups excluding carboxylic acids is 1. The number of aliphatic hydroxyl groups is 2. The second kappa shape index (κ2) is 5.58. The molecule has 90 valence electrons. The first kappa shape index (κ1) is 13.4. The van der Waals surface area contributed by atoms with Gasteiger partial charge in [0.05, 0.1) is 18.6 Å². The molecule has 0 bridgehead atoms. The summed E-state index contributed by atoms with van der Waals surface area (Å²) in [7, 11) is 0. The molecule has 1 aromatic rings. The highest BCUT2D eigenvalue weighted by molar-refractivity contribution is 5.94. The van der Waals surface area contributed by atoms with E-state index >= 15 is 0 Å². The Kier molecular flexibility index (Phi) is 4.38. The molecule has 1 aromatic carbocycles. The van der Waals surface area contributed by atoms with Crippen LogP contribution in [0.2, 0.25) is 0 Å². The number of nitrogens with zero attached hydrogens (tertiary/aromatic N) is 1. The van der Waals surface area contributed by atoms with E-state index in [0.717, 1.165) is 5.56 Å². The molecule has 0 saturated heterocycles. The van der Waals surface area contributed by atoms with Crippen molar-refractivity contribution in [1.82, 2.24) is 0 Å². The highest BCUT2D eigenvalue weighted by Gasteiger charge is 2.20. The first-order chi connectivity index (χ1) is 7.97. The van der Waals surface area contributed by atoms with Gasteiger partial charge >= 0.3 is 0 Å². The second-order valence-corrected chi connectivity index (χ2v) is 4.00. The van der Waals surface area contributed by atoms with E-state index in [9.17, 15) is 15.0 Å². The lowest BCUT2D eigenvalue weighted by atomic mass is 9.95. The van der Waals surface area contributed by atoms with Crippen molar-refractivity contribution < 1.29 is 15.0 Å². The predicted octanol–water partition coefficient (Wildman–Crippen LogP) is 1.51. The summed E-state index contributed by atoms with van der Waals surface area (Å²) in [6, 6.07) is 6.74. The lowest BCUT2D eigenvalue weighted by Gasteiger charge is -2.18. The molecule has 0 spiro atoms. The Morgan fingerprint density at radius 1 is 1.47 bits per heavy atom. The first-order valence-electron chi connectivity index (χ1n) is 5.32. The van der Waals surface area contributed by atoms with Gasteiger partial charge in [-0.15, -0.1) is 0 Å². The van der Waals surface area contributed by atoms with Crippen molar-refractivity contribution >= 4 is 5.78 Å². The van der Waals surface area contributed by atoms with Crippen LogP contribution in [-0.2, 0) is 0 Å². The lowest BCUT2D eigenvalue weighted by Crippen LogP contribution is -2.18. The van der Waals surface area contributed by atoms with Crippen molar-refractivity contribution in [1.29, 1.82) is 5.26 Å². The minimum Gasteiger partial charge on any atom is -0.389 e. The standard InChI is InChI=1S/C13H15NO3/c1-8-3-4-10(9(2)15)7-11(8)13(17)12(16)5-6-14/h3-4,7,12-13,16-17H,5H2,1-2H3. The van der Waals surface area contributed by atoms with Crippen LogP contribution in [0.1, 0.15) is 40.9 Å². The lowest BCUT2D eigenvalue weighted by molar-refractivity contribution is 0.0212. The van der Waals surface area contributed by atoms with Crippen molar-refractivity contribution in [3.8, 4) is 6.07 Å². The van der Waals surface area contributed by atoms with Crippen LogP contribution < -0.4 is 0 Å². The fraction of sp³-hybridized carbons (Fsp3) is 0.385. The normalized spacial score (nSPS) is 13.8. The molecule has 2 unspecified atom stereocenters. The molecule has 1 rings (SSSR count). The summed E-state index contributed by atoms with van der Waals surface area (Å²) >= 11 is 0. The number of hydrogen-bond acceptors (Lipinski definition) is 4. The summed E-state index contributed by atoms with van der Waals surface area (Å²) in [4.78, 5) is 11.2. The third-order valence-electron chi connectivity index (χ3n) is 2.67. The third-order valence-corrected chi connectivity index (χ3v) is 2.67. The van der Waals surface area contributed by atoms with Gasteiger partial charge in [-0.2, -0.15) is 5.26 Å². The summed E-state index contributed by atoms with van der Waals surface area (Å²) < 4.78 is 0. The quantitative estimate of drug-likeness (QED) is 0.772. The van der Waals surface area contributed by atoms with E-state index in [1.165, 1.54) is 6.92 Å². The van der Waals surface area contributed by atoms with Crippen LogP contribution in [0.4, 0.5) is 0 Å². The summed E-state index contributed by atoms with van der Waals surface area (Å²) in [5.74, 6) is -0.103. The number of nitriles is 1. The van der Waals surface area contributed by atoms with Gasteiger partial charge in [0.2, 0.25) is 0 Å². The van der Waals surface area contributed by atoms with Crippen molar-refractivity contribution in [3.63, 3.8) is 0 Å². The Labute approximate surface area is 100 Å². The molecule has 2 atom stereocenters. The number of benzene rings is 1. The highest BCUT2D eigenvalue weighted by Crippen LogP contribution is 2.23.